The monoisotopic (exact) mass is 249 g/mol. The van der Waals surface area contributed by atoms with Crippen LogP contribution in [0.2, 0.25) is 0 Å². The molecule has 0 atom stereocenters. The first-order valence-electron chi connectivity index (χ1n) is 5.14. The average molecular weight is 250 g/mol. The van der Waals surface area contributed by atoms with Gasteiger partial charge in [0.05, 0.1) is 0 Å². The van der Waals surface area contributed by atoms with Crippen molar-refractivity contribution in [1.29, 1.82) is 0 Å². The molecule has 0 amide bonds. The Morgan fingerprint density at radius 2 is 2.07 bits per heavy atom. The number of hydrogen-bond donors (Lipinski definition) is 0. The Balaban J connectivity index is 2.74. The largest absolute Gasteiger partial charge is 0.250 e. The van der Waals surface area contributed by atoms with E-state index < -0.39 is 0 Å². The number of hydrogen-bond acceptors (Lipinski definition) is 2. The van der Waals surface area contributed by atoms with Crippen molar-refractivity contribution >= 4 is 23.2 Å². The van der Waals surface area contributed by atoms with Crippen LogP contribution in [0, 0.1) is 5.41 Å². The van der Waals surface area contributed by atoms with Gasteiger partial charge in [0.1, 0.15) is 12.2 Å². The van der Waals surface area contributed by atoms with Crippen LogP contribution in [0.1, 0.15) is 26.1 Å². The minimum absolute atomic E-state index is 0.0956. The molecule has 1 aromatic rings. The number of halogens is 2. The highest BCUT2D eigenvalue weighted by Crippen LogP contribution is 2.24. The van der Waals surface area contributed by atoms with E-state index >= 15 is 0 Å². The Bertz CT molecular complexity index is 295. The van der Waals surface area contributed by atoms with Gasteiger partial charge in [0, 0.05) is 30.1 Å². The van der Waals surface area contributed by atoms with Crippen molar-refractivity contribution in [3.05, 3.63) is 12.2 Å². The molecule has 0 aliphatic heterocycles. The fourth-order valence-corrected chi connectivity index (χ4v) is 1.81. The van der Waals surface area contributed by atoms with E-state index in [1.54, 1.807) is 6.33 Å². The highest BCUT2D eigenvalue weighted by atomic mass is 35.5. The smallest absolute Gasteiger partial charge is 0.138 e. The van der Waals surface area contributed by atoms with Crippen LogP contribution in [0.4, 0.5) is 0 Å². The minimum atomic E-state index is -0.0956. The van der Waals surface area contributed by atoms with Crippen molar-refractivity contribution in [2.45, 2.75) is 33.2 Å². The van der Waals surface area contributed by atoms with Crippen molar-refractivity contribution in [2.75, 3.05) is 11.8 Å². The van der Waals surface area contributed by atoms with Crippen LogP contribution in [0.5, 0.6) is 0 Å². The summed E-state index contributed by atoms with van der Waals surface area (Å²) in [7, 11) is 0. The third-order valence-corrected chi connectivity index (χ3v) is 3.65. The molecule has 5 heteroatoms. The summed E-state index contributed by atoms with van der Waals surface area (Å²) in [4.78, 5) is 4.25. The fourth-order valence-electron chi connectivity index (χ4n) is 1.34. The summed E-state index contributed by atoms with van der Waals surface area (Å²) in [5, 5.41) is 4.18. The third kappa shape index (κ3) is 3.35. The van der Waals surface area contributed by atoms with Gasteiger partial charge in [-0.05, 0) is 6.42 Å². The highest BCUT2D eigenvalue weighted by Gasteiger charge is 2.25. The van der Waals surface area contributed by atoms with Crippen LogP contribution in [0.15, 0.2) is 6.33 Å². The molecule has 0 saturated carbocycles. The second-order valence-electron chi connectivity index (χ2n) is 4.15. The van der Waals surface area contributed by atoms with E-state index in [-0.39, 0.29) is 5.41 Å². The van der Waals surface area contributed by atoms with Gasteiger partial charge in [-0.25, -0.2) is 4.98 Å². The van der Waals surface area contributed by atoms with Gasteiger partial charge in [0.25, 0.3) is 0 Å². The highest BCUT2D eigenvalue weighted by molar-refractivity contribution is 6.21. The maximum atomic E-state index is 5.91. The molecular weight excluding hydrogens is 233 g/mol. The first kappa shape index (κ1) is 12.8. The van der Waals surface area contributed by atoms with Crippen molar-refractivity contribution in [3.63, 3.8) is 0 Å². The van der Waals surface area contributed by atoms with Crippen molar-refractivity contribution in [2.24, 2.45) is 5.41 Å². The molecule has 15 heavy (non-hydrogen) atoms. The van der Waals surface area contributed by atoms with E-state index in [9.17, 15) is 0 Å². The summed E-state index contributed by atoms with van der Waals surface area (Å²) in [5.41, 5.74) is -0.0956. The lowest BCUT2D eigenvalue weighted by Crippen LogP contribution is -2.26. The molecule has 0 radical (unpaired) electrons. The van der Waals surface area contributed by atoms with Crippen LogP contribution in [0.25, 0.3) is 0 Å². The van der Waals surface area contributed by atoms with Gasteiger partial charge in [-0.2, -0.15) is 5.10 Å². The van der Waals surface area contributed by atoms with E-state index in [4.69, 9.17) is 23.2 Å². The first-order chi connectivity index (χ1) is 7.15. The van der Waals surface area contributed by atoms with E-state index in [1.165, 1.54) is 0 Å². The predicted octanol–water partition coefficient (Wildman–Crippen LogP) is 2.71. The molecule has 0 aliphatic carbocycles. The summed E-state index contributed by atoms with van der Waals surface area (Å²) in [6, 6.07) is 0. The van der Waals surface area contributed by atoms with Crippen molar-refractivity contribution in [1.82, 2.24) is 14.8 Å². The SMILES string of the molecule is CCCn1ncnc1CC(C)(CCl)CCl. The lowest BCUT2D eigenvalue weighted by atomic mass is 9.91. The number of aryl methyl sites for hydroxylation is 1. The van der Waals surface area contributed by atoms with Gasteiger partial charge in [-0.15, -0.1) is 23.2 Å². The minimum Gasteiger partial charge on any atom is -0.250 e. The van der Waals surface area contributed by atoms with Gasteiger partial charge in [0.15, 0.2) is 0 Å². The summed E-state index contributed by atoms with van der Waals surface area (Å²) in [6.07, 6.45) is 3.42. The van der Waals surface area contributed by atoms with Crippen molar-refractivity contribution in [3.8, 4) is 0 Å². The molecule has 1 rings (SSSR count). The lowest BCUT2D eigenvalue weighted by Gasteiger charge is -2.23. The molecular formula is C10H17Cl2N3. The van der Waals surface area contributed by atoms with E-state index in [0.717, 1.165) is 25.2 Å². The van der Waals surface area contributed by atoms with Gasteiger partial charge in [0.2, 0.25) is 0 Å². The molecule has 0 aromatic carbocycles. The molecule has 1 heterocycles. The Labute approximate surface area is 101 Å². The van der Waals surface area contributed by atoms with Gasteiger partial charge >= 0.3 is 0 Å². The molecule has 0 bridgehead atoms. The number of rotatable bonds is 6. The first-order valence-corrected chi connectivity index (χ1v) is 6.20. The van der Waals surface area contributed by atoms with Crippen LogP contribution < -0.4 is 0 Å². The zero-order chi connectivity index (χ0) is 11.3. The lowest BCUT2D eigenvalue weighted by molar-refractivity contribution is 0.397. The molecule has 0 unspecified atom stereocenters. The Hall–Kier alpha value is -0.280. The standard InChI is InChI=1S/C10H17Cl2N3/c1-3-4-15-9(13-8-14-15)5-10(2,6-11)7-12/h8H,3-7H2,1-2H3. The van der Waals surface area contributed by atoms with Crippen LogP contribution >= 0.6 is 23.2 Å². The van der Waals surface area contributed by atoms with Gasteiger partial charge in [-0.1, -0.05) is 13.8 Å². The van der Waals surface area contributed by atoms with Gasteiger partial charge in [-0.3, -0.25) is 4.68 Å². The fraction of sp³-hybridized carbons (Fsp3) is 0.800. The number of alkyl halides is 2. The summed E-state index contributed by atoms with van der Waals surface area (Å²) >= 11 is 11.8. The third-order valence-electron chi connectivity index (χ3n) is 2.36. The van der Waals surface area contributed by atoms with Crippen LogP contribution in [-0.4, -0.2) is 26.5 Å². The quantitative estimate of drug-likeness (QED) is 0.727. The molecule has 0 saturated heterocycles. The summed E-state index contributed by atoms with van der Waals surface area (Å²) < 4.78 is 1.93. The molecule has 0 spiro atoms. The summed E-state index contributed by atoms with van der Waals surface area (Å²) in [6.45, 7) is 5.09. The Kier molecular flexibility index (Phi) is 4.87. The second kappa shape index (κ2) is 5.71. The zero-order valence-corrected chi connectivity index (χ0v) is 10.7. The van der Waals surface area contributed by atoms with Crippen LogP contribution in [0.3, 0.4) is 0 Å². The molecule has 0 fully saturated rings. The van der Waals surface area contributed by atoms with Crippen LogP contribution in [-0.2, 0) is 13.0 Å². The maximum Gasteiger partial charge on any atom is 0.138 e. The van der Waals surface area contributed by atoms with Crippen molar-refractivity contribution < 1.29 is 0 Å². The van der Waals surface area contributed by atoms with E-state index in [2.05, 4.69) is 23.9 Å². The topological polar surface area (TPSA) is 30.7 Å². The van der Waals surface area contributed by atoms with Gasteiger partial charge < -0.3 is 0 Å². The average Bonchev–Trinajstić information content (AvgIpc) is 2.66. The van der Waals surface area contributed by atoms with E-state index in [0.29, 0.717) is 11.8 Å². The van der Waals surface area contributed by atoms with E-state index in [1.807, 2.05) is 4.68 Å². The molecule has 0 N–H and O–H groups in total. The normalized spacial score (nSPS) is 12.0. The molecule has 3 nitrogen and oxygen atoms in total. The maximum absolute atomic E-state index is 5.91. The Morgan fingerprint density at radius 1 is 1.40 bits per heavy atom. The number of nitrogens with zero attached hydrogens (tertiary/aromatic N) is 3. The molecule has 0 aliphatic rings. The summed E-state index contributed by atoms with van der Waals surface area (Å²) in [5.74, 6) is 2.05. The second-order valence-corrected chi connectivity index (χ2v) is 4.69. The molecule has 86 valence electrons. The zero-order valence-electron chi connectivity index (χ0n) is 9.21. The Morgan fingerprint density at radius 3 is 2.60 bits per heavy atom. The molecule has 1 aromatic heterocycles. The number of aromatic nitrogens is 3. The predicted molar refractivity (Wildman–Crippen MR) is 63.6 cm³/mol.